The van der Waals surface area contributed by atoms with Gasteiger partial charge in [-0.05, 0) is 55.3 Å². The summed E-state index contributed by atoms with van der Waals surface area (Å²) >= 11 is 0. The summed E-state index contributed by atoms with van der Waals surface area (Å²) in [6.07, 6.45) is 1.19. The summed E-state index contributed by atoms with van der Waals surface area (Å²) in [6, 6.07) is 11.8. The molecular formula is C22H20F2N4O. The molecule has 0 aliphatic carbocycles. The lowest BCUT2D eigenvalue weighted by molar-refractivity contribution is 0.214. The molecule has 2 aromatic carbocycles. The van der Waals surface area contributed by atoms with Gasteiger partial charge in [0.05, 0.1) is 5.69 Å². The number of benzene rings is 2. The van der Waals surface area contributed by atoms with Crippen LogP contribution in [-0.2, 0) is 12.8 Å². The lowest BCUT2D eigenvalue weighted by Gasteiger charge is -2.20. The van der Waals surface area contributed by atoms with Crippen molar-refractivity contribution < 1.29 is 13.6 Å². The number of aryl methyl sites for hydroxylation is 1. The monoisotopic (exact) mass is 394 g/mol. The molecule has 1 aliphatic heterocycles. The molecule has 5 nitrogen and oxygen atoms in total. The van der Waals surface area contributed by atoms with Gasteiger partial charge in [0.1, 0.15) is 11.6 Å². The summed E-state index contributed by atoms with van der Waals surface area (Å²) in [5.41, 5.74) is 3.67. The topological polar surface area (TPSA) is 58.1 Å². The number of amides is 2. The van der Waals surface area contributed by atoms with E-state index in [0.717, 1.165) is 22.5 Å². The van der Waals surface area contributed by atoms with E-state index in [1.165, 1.54) is 24.3 Å². The van der Waals surface area contributed by atoms with Gasteiger partial charge in [0.2, 0.25) is 0 Å². The van der Waals surface area contributed by atoms with Crippen LogP contribution in [0.5, 0.6) is 0 Å². The fourth-order valence-corrected chi connectivity index (χ4v) is 3.47. The smallest absolute Gasteiger partial charge is 0.321 e. The summed E-state index contributed by atoms with van der Waals surface area (Å²) in [6.45, 7) is 2.88. The molecule has 4 rings (SSSR count). The predicted molar refractivity (Wildman–Crippen MR) is 107 cm³/mol. The first-order valence-electron chi connectivity index (χ1n) is 9.44. The SMILES string of the molecule is Cc1nc(-c2ccc(F)cc2)nc2c1CCN(C(=O)Nc1ccccc1F)CC2. The highest BCUT2D eigenvalue weighted by Crippen LogP contribution is 2.23. The Labute approximate surface area is 167 Å². The number of hydrogen-bond donors (Lipinski definition) is 1. The first kappa shape index (κ1) is 19.0. The van der Waals surface area contributed by atoms with Crippen LogP contribution in [0.4, 0.5) is 19.3 Å². The molecule has 0 bridgehead atoms. The van der Waals surface area contributed by atoms with Gasteiger partial charge in [0.25, 0.3) is 0 Å². The van der Waals surface area contributed by atoms with Crippen molar-refractivity contribution in [2.24, 2.45) is 0 Å². The third-order valence-electron chi connectivity index (χ3n) is 5.05. The second-order valence-electron chi connectivity index (χ2n) is 6.96. The van der Waals surface area contributed by atoms with E-state index in [9.17, 15) is 13.6 Å². The predicted octanol–water partition coefficient (Wildman–Crippen LogP) is 4.36. The molecule has 0 unspecified atom stereocenters. The van der Waals surface area contributed by atoms with Crippen molar-refractivity contribution in [3.63, 3.8) is 0 Å². The Balaban J connectivity index is 1.53. The number of carbonyl (C=O) groups is 1. The van der Waals surface area contributed by atoms with Crippen LogP contribution in [0.3, 0.4) is 0 Å². The highest BCUT2D eigenvalue weighted by Gasteiger charge is 2.22. The summed E-state index contributed by atoms with van der Waals surface area (Å²) < 4.78 is 27.0. The average molecular weight is 394 g/mol. The number of para-hydroxylation sites is 1. The van der Waals surface area contributed by atoms with Gasteiger partial charge in [-0.25, -0.2) is 23.5 Å². The second kappa shape index (κ2) is 7.95. The van der Waals surface area contributed by atoms with Gasteiger partial charge in [0, 0.05) is 36.5 Å². The van der Waals surface area contributed by atoms with Crippen LogP contribution in [0.15, 0.2) is 48.5 Å². The van der Waals surface area contributed by atoms with E-state index in [0.29, 0.717) is 31.8 Å². The molecular weight excluding hydrogens is 374 g/mol. The maximum absolute atomic E-state index is 13.8. The number of nitrogens with one attached hydrogen (secondary N) is 1. The summed E-state index contributed by atoms with van der Waals surface area (Å²) in [7, 11) is 0. The van der Waals surface area contributed by atoms with Gasteiger partial charge in [-0.3, -0.25) is 0 Å². The zero-order chi connectivity index (χ0) is 20.4. The largest absolute Gasteiger partial charge is 0.324 e. The van der Waals surface area contributed by atoms with E-state index in [4.69, 9.17) is 0 Å². The Morgan fingerprint density at radius 2 is 1.72 bits per heavy atom. The normalized spacial score (nSPS) is 13.6. The first-order valence-corrected chi connectivity index (χ1v) is 9.44. The minimum atomic E-state index is -0.468. The molecule has 0 spiro atoms. The van der Waals surface area contributed by atoms with Crippen molar-refractivity contribution >= 4 is 11.7 Å². The standard InChI is InChI=1S/C22H20F2N4O/c1-14-17-10-12-28(22(29)27-20-5-3-2-4-18(20)24)13-11-19(17)26-21(25-14)15-6-8-16(23)9-7-15/h2-9H,10-13H2,1H3,(H,27,29). The minimum Gasteiger partial charge on any atom is -0.324 e. The zero-order valence-corrected chi connectivity index (χ0v) is 16.0. The van der Waals surface area contributed by atoms with Crippen LogP contribution in [0.1, 0.15) is 17.0 Å². The highest BCUT2D eigenvalue weighted by molar-refractivity contribution is 5.89. The van der Waals surface area contributed by atoms with E-state index < -0.39 is 5.82 Å². The summed E-state index contributed by atoms with van der Waals surface area (Å²) in [4.78, 5) is 23.5. The number of urea groups is 1. The van der Waals surface area contributed by atoms with Crippen molar-refractivity contribution in [2.45, 2.75) is 19.8 Å². The van der Waals surface area contributed by atoms with Crippen molar-refractivity contribution in [1.82, 2.24) is 14.9 Å². The average Bonchev–Trinajstić information content (AvgIpc) is 2.93. The maximum atomic E-state index is 13.8. The Hall–Kier alpha value is -3.35. The number of rotatable bonds is 2. The van der Waals surface area contributed by atoms with Gasteiger partial charge in [-0.1, -0.05) is 12.1 Å². The van der Waals surface area contributed by atoms with Gasteiger partial charge in [-0.15, -0.1) is 0 Å². The Morgan fingerprint density at radius 3 is 2.48 bits per heavy atom. The molecule has 29 heavy (non-hydrogen) atoms. The van der Waals surface area contributed by atoms with Crippen LogP contribution in [0.2, 0.25) is 0 Å². The van der Waals surface area contributed by atoms with Gasteiger partial charge in [0.15, 0.2) is 5.82 Å². The molecule has 0 fully saturated rings. The number of halogens is 2. The maximum Gasteiger partial charge on any atom is 0.321 e. The van der Waals surface area contributed by atoms with E-state index in [1.54, 1.807) is 29.2 Å². The molecule has 0 radical (unpaired) electrons. The van der Waals surface area contributed by atoms with E-state index in [1.807, 2.05) is 6.92 Å². The van der Waals surface area contributed by atoms with Crippen LogP contribution < -0.4 is 5.32 Å². The summed E-state index contributed by atoms with van der Waals surface area (Å²) in [5.74, 6) is -0.230. The number of hydrogen-bond acceptors (Lipinski definition) is 3. The molecule has 0 saturated carbocycles. The third-order valence-corrected chi connectivity index (χ3v) is 5.05. The second-order valence-corrected chi connectivity index (χ2v) is 6.96. The van der Waals surface area contributed by atoms with E-state index in [2.05, 4.69) is 15.3 Å². The van der Waals surface area contributed by atoms with Crippen LogP contribution in [0, 0.1) is 18.6 Å². The Morgan fingerprint density at radius 1 is 1.00 bits per heavy atom. The molecule has 2 amide bonds. The minimum absolute atomic E-state index is 0.161. The quantitative estimate of drug-likeness (QED) is 0.703. The molecule has 148 valence electrons. The molecule has 0 saturated heterocycles. The Kier molecular flexibility index (Phi) is 5.20. The van der Waals surface area contributed by atoms with Crippen molar-refractivity contribution in [2.75, 3.05) is 18.4 Å². The van der Waals surface area contributed by atoms with Gasteiger partial charge in [-0.2, -0.15) is 0 Å². The molecule has 2 heterocycles. The number of nitrogens with zero attached hydrogens (tertiary/aromatic N) is 3. The lowest BCUT2D eigenvalue weighted by atomic mass is 10.1. The van der Waals surface area contributed by atoms with Gasteiger partial charge < -0.3 is 10.2 Å². The summed E-state index contributed by atoms with van der Waals surface area (Å²) in [5, 5.41) is 2.63. The zero-order valence-electron chi connectivity index (χ0n) is 16.0. The number of aromatic nitrogens is 2. The van der Waals surface area contributed by atoms with Crippen molar-refractivity contribution in [3.05, 3.63) is 77.1 Å². The fourth-order valence-electron chi connectivity index (χ4n) is 3.47. The lowest BCUT2D eigenvalue weighted by Crippen LogP contribution is -2.37. The molecule has 1 N–H and O–H groups in total. The van der Waals surface area contributed by atoms with Gasteiger partial charge >= 0.3 is 6.03 Å². The van der Waals surface area contributed by atoms with Crippen LogP contribution in [-0.4, -0.2) is 34.0 Å². The van der Waals surface area contributed by atoms with Crippen LogP contribution >= 0.6 is 0 Å². The molecule has 0 atom stereocenters. The molecule has 3 aromatic rings. The Bertz CT molecular complexity index is 1050. The van der Waals surface area contributed by atoms with E-state index >= 15 is 0 Å². The first-order chi connectivity index (χ1) is 14.0. The third kappa shape index (κ3) is 4.08. The highest BCUT2D eigenvalue weighted by atomic mass is 19.1. The molecule has 1 aliphatic rings. The number of carbonyl (C=O) groups excluding carboxylic acids is 1. The number of fused-ring (bicyclic) bond motifs is 1. The van der Waals surface area contributed by atoms with Crippen molar-refractivity contribution in [1.29, 1.82) is 0 Å². The van der Waals surface area contributed by atoms with Crippen LogP contribution in [0.25, 0.3) is 11.4 Å². The number of anilines is 1. The molecule has 1 aromatic heterocycles. The fraction of sp³-hybridized carbons (Fsp3) is 0.227. The van der Waals surface area contributed by atoms with Crippen molar-refractivity contribution in [3.8, 4) is 11.4 Å². The van der Waals surface area contributed by atoms with E-state index in [-0.39, 0.29) is 17.5 Å². The molecule has 7 heteroatoms.